The van der Waals surface area contributed by atoms with Crippen LogP contribution in [0.5, 0.6) is 0 Å². The molecule has 0 aliphatic carbocycles. The Balaban J connectivity index is 3.49. The number of thiol groups is 1. The first-order chi connectivity index (χ1) is 5.35. The molecule has 0 bridgehead atoms. The average molecular weight is 171 g/mol. The molecule has 0 aromatic carbocycles. The van der Waals surface area contributed by atoms with Crippen LogP contribution in [0.25, 0.3) is 0 Å². The predicted octanol–water partition coefficient (Wildman–Crippen LogP) is 1.98. The van der Waals surface area contributed by atoms with Crippen LogP contribution < -0.4 is 0 Å². The Labute approximate surface area is 75.2 Å². The summed E-state index contributed by atoms with van der Waals surface area (Å²) < 4.78 is 0. The van der Waals surface area contributed by atoms with Gasteiger partial charge in [-0.3, -0.25) is 4.90 Å². The van der Waals surface area contributed by atoms with Crippen molar-refractivity contribution in [2.24, 2.45) is 0 Å². The summed E-state index contributed by atoms with van der Waals surface area (Å²) in [6.45, 7) is 10.4. The summed E-state index contributed by atoms with van der Waals surface area (Å²) in [5, 5.41) is 0. The van der Waals surface area contributed by atoms with Gasteiger partial charge in [-0.15, -0.1) is 13.2 Å². The zero-order valence-electron chi connectivity index (χ0n) is 7.00. The molecule has 0 N–H and O–H groups in total. The molecule has 0 spiro atoms. The van der Waals surface area contributed by atoms with Crippen LogP contribution in [-0.4, -0.2) is 30.3 Å². The molecule has 11 heavy (non-hydrogen) atoms. The van der Waals surface area contributed by atoms with E-state index in [0.29, 0.717) is 0 Å². The molecule has 0 saturated carbocycles. The average Bonchev–Trinajstić information content (AvgIpc) is 2.01. The molecule has 2 heteroatoms. The third-order valence-corrected chi connectivity index (χ3v) is 1.72. The van der Waals surface area contributed by atoms with E-state index in [4.69, 9.17) is 0 Å². The number of rotatable bonds is 7. The molecule has 0 amide bonds. The third-order valence-electron chi connectivity index (χ3n) is 1.41. The van der Waals surface area contributed by atoms with E-state index in [1.165, 1.54) is 0 Å². The molecule has 0 unspecified atom stereocenters. The molecule has 0 saturated heterocycles. The molecular weight excluding hydrogens is 154 g/mol. The topological polar surface area (TPSA) is 3.24 Å². The second-order valence-electron chi connectivity index (χ2n) is 2.41. The minimum atomic E-state index is 0.944. The van der Waals surface area contributed by atoms with Gasteiger partial charge in [0.25, 0.3) is 0 Å². The van der Waals surface area contributed by atoms with Crippen molar-refractivity contribution in [1.82, 2.24) is 4.90 Å². The van der Waals surface area contributed by atoms with Gasteiger partial charge in [-0.1, -0.05) is 12.2 Å². The Hall–Kier alpha value is -0.210. The molecule has 0 fully saturated rings. The number of hydrogen-bond acceptors (Lipinski definition) is 2. The number of hydrogen-bond donors (Lipinski definition) is 1. The Kier molecular flexibility index (Phi) is 7.74. The SMILES string of the molecule is C=CCN(CC=C)CCCS. The first-order valence-electron chi connectivity index (χ1n) is 3.90. The first kappa shape index (κ1) is 10.8. The summed E-state index contributed by atoms with van der Waals surface area (Å²) in [6.07, 6.45) is 4.97. The van der Waals surface area contributed by atoms with Crippen LogP contribution in [-0.2, 0) is 0 Å². The quantitative estimate of drug-likeness (QED) is 0.453. The van der Waals surface area contributed by atoms with Gasteiger partial charge < -0.3 is 0 Å². The van der Waals surface area contributed by atoms with Crippen LogP contribution in [0.1, 0.15) is 6.42 Å². The Morgan fingerprint density at radius 3 is 2.09 bits per heavy atom. The van der Waals surface area contributed by atoms with Crippen molar-refractivity contribution in [2.45, 2.75) is 6.42 Å². The smallest absolute Gasteiger partial charge is 0.0163 e. The molecule has 0 heterocycles. The van der Waals surface area contributed by atoms with Crippen LogP contribution in [0, 0.1) is 0 Å². The van der Waals surface area contributed by atoms with E-state index in [-0.39, 0.29) is 0 Å². The van der Waals surface area contributed by atoms with Gasteiger partial charge in [0.05, 0.1) is 0 Å². The van der Waals surface area contributed by atoms with E-state index in [9.17, 15) is 0 Å². The van der Waals surface area contributed by atoms with E-state index >= 15 is 0 Å². The van der Waals surface area contributed by atoms with Crippen molar-refractivity contribution in [3.63, 3.8) is 0 Å². The fourth-order valence-electron chi connectivity index (χ4n) is 0.917. The molecule has 0 aliphatic rings. The van der Waals surface area contributed by atoms with Crippen molar-refractivity contribution in [3.05, 3.63) is 25.3 Å². The first-order valence-corrected chi connectivity index (χ1v) is 4.53. The normalized spacial score (nSPS) is 10.0. The van der Waals surface area contributed by atoms with E-state index in [2.05, 4.69) is 30.7 Å². The molecular formula is C9H17NS. The largest absolute Gasteiger partial charge is 0.296 e. The lowest BCUT2D eigenvalue weighted by molar-refractivity contribution is 0.337. The second kappa shape index (κ2) is 7.89. The number of nitrogens with zero attached hydrogens (tertiary/aromatic N) is 1. The highest BCUT2D eigenvalue weighted by atomic mass is 32.1. The predicted molar refractivity (Wildman–Crippen MR) is 55.3 cm³/mol. The molecule has 64 valence electrons. The summed E-state index contributed by atoms with van der Waals surface area (Å²) in [5.74, 6) is 0.949. The van der Waals surface area contributed by atoms with Gasteiger partial charge >= 0.3 is 0 Å². The molecule has 0 rings (SSSR count). The van der Waals surface area contributed by atoms with Crippen molar-refractivity contribution in [3.8, 4) is 0 Å². The Bertz CT molecular complexity index is 102. The molecule has 0 atom stereocenters. The van der Waals surface area contributed by atoms with Gasteiger partial charge in [-0.25, -0.2) is 0 Å². The maximum atomic E-state index is 4.15. The Morgan fingerprint density at radius 1 is 1.18 bits per heavy atom. The highest BCUT2D eigenvalue weighted by Gasteiger charge is 1.97. The Morgan fingerprint density at radius 2 is 1.73 bits per heavy atom. The van der Waals surface area contributed by atoms with Crippen LogP contribution in [0.4, 0.5) is 0 Å². The van der Waals surface area contributed by atoms with E-state index in [1.807, 2.05) is 12.2 Å². The van der Waals surface area contributed by atoms with E-state index in [0.717, 1.165) is 31.8 Å². The van der Waals surface area contributed by atoms with Crippen molar-refractivity contribution in [1.29, 1.82) is 0 Å². The van der Waals surface area contributed by atoms with Crippen LogP contribution in [0.3, 0.4) is 0 Å². The van der Waals surface area contributed by atoms with Crippen molar-refractivity contribution in [2.75, 3.05) is 25.4 Å². The highest BCUT2D eigenvalue weighted by Crippen LogP contribution is 1.93. The van der Waals surface area contributed by atoms with Crippen molar-refractivity contribution >= 4 is 12.6 Å². The summed E-state index contributed by atoms with van der Waals surface area (Å²) in [6, 6.07) is 0. The van der Waals surface area contributed by atoms with Gasteiger partial charge in [-0.2, -0.15) is 12.6 Å². The second-order valence-corrected chi connectivity index (χ2v) is 2.86. The fraction of sp³-hybridized carbons (Fsp3) is 0.556. The molecule has 1 nitrogen and oxygen atoms in total. The summed E-state index contributed by atoms with van der Waals surface area (Å²) in [7, 11) is 0. The molecule has 0 aliphatic heterocycles. The van der Waals surface area contributed by atoms with Gasteiger partial charge in [0.15, 0.2) is 0 Å². The van der Waals surface area contributed by atoms with E-state index < -0.39 is 0 Å². The fourth-order valence-corrected chi connectivity index (χ4v) is 1.06. The van der Waals surface area contributed by atoms with E-state index in [1.54, 1.807) is 0 Å². The minimum Gasteiger partial charge on any atom is -0.296 e. The zero-order chi connectivity index (χ0) is 8.53. The standard InChI is InChI=1S/C9H17NS/c1-3-6-10(7-4-2)8-5-9-11/h3-4,11H,1-2,5-9H2. The van der Waals surface area contributed by atoms with Crippen molar-refractivity contribution < 1.29 is 0 Å². The molecule has 0 aromatic heterocycles. The lowest BCUT2D eigenvalue weighted by Gasteiger charge is -2.17. The summed E-state index contributed by atoms with van der Waals surface area (Å²) >= 11 is 4.15. The van der Waals surface area contributed by atoms with Gasteiger partial charge in [0, 0.05) is 13.1 Å². The zero-order valence-corrected chi connectivity index (χ0v) is 7.89. The maximum absolute atomic E-state index is 4.15. The highest BCUT2D eigenvalue weighted by molar-refractivity contribution is 7.80. The van der Waals surface area contributed by atoms with Crippen LogP contribution in [0.15, 0.2) is 25.3 Å². The van der Waals surface area contributed by atoms with Gasteiger partial charge in [0.1, 0.15) is 0 Å². The lowest BCUT2D eigenvalue weighted by atomic mass is 10.4. The minimum absolute atomic E-state index is 0.944. The molecule has 0 radical (unpaired) electrons. The third kappa shape index (κ3) is 6.20. The monoisotopic (exact) mass is 171 g/mol. The maximum Gasteiger partial charge on any atom is 0.0163 e. The summed E-state index contributed by atoms with van der Waals surface area (Å²) in [5.41, 5.74) is 0. The van der Waals surface area contributed by atoms with Crippen LogP contribution >= 0.6 is 12.6 Å². The van der Waals surface area contributed by atoms with Gasteiger partial charge in [-0.05, 0) is 18.7 Å². The van der Waals surface area contributed by atoms with Gasteiger partial charge in [0.2, 0.25) is 0 Å². The summed E-state index contributed by atoms with van der Waals surface area (Å²) in [4.78, 5) is 2.29. The van der Waals surface area contributed by atoms with Crippen LogP contribution in [0.2, 0.25) is 0 Å². The molecule has 0 aromatic rings. The lowest BCUT2D eigenvalue weighted by Crippen LogP contribution is -2.25.